The summed E-state index contributed by atoms with van der Waals surface area (Å²) in [5.41, 5.74) is 2.65. The van der Waals surface area contributed by atoms with Crippen molar-refractivity contribution in [3.8, 4) is 10.9 Å². The number of nitrogens with zero attached hydrogens (tertiary/aromatic N) is 2. The minimum absolute atomic E-state index is 0.621. The van der Waals surface area contributed by atoms with E-state index < -0.39 is 0 Å². The number of aromatic nitrogens is 2. The second-order valence-corrected chi connectivity index (χ2v) is 6.19. The number of hydrogen-bond acceptors (Lipinski definition) is 4. The molecule has 0 radical (unpaired) electrons. The van der Waals surface area contributed by atoms with Crippen LogP contribution < -0.4 is 4.74 Å². The molecule has 0 atom stereocenters. The van der Waals surface area contributed by atoms with Crippen molar-refractivity contribution in [3.63, 3.8) is 0 Å². The third-order valence-electron chi connectivity index (χ3n) is 3.82. The van der Waals surface area contributed by atoms with Crippen LogP contribution in [0, 0.1) is 0 Å². The summed E-state index contributed by atoms with van der Waals surface area (Å²) in [4.78, 5) is 15.6. The van der Waals surface area contributed by atoms with Crippen LogP contribution in [-0.4, -0.2) is 15.8 Å². The first-order valence-corrected chi connectivity index (χ1v) is 8.22. The van der Waals surface area contributed by atoms with Crippen LogP contribution in [0.25, 0.3) is 21.1 Å². The van der Waals surface area contributed by atoms with Crippen molar-refractivity contribution in [2.75, 3.05) is 0 Å². The van der Waals surface area contributed by atoms with Crippen LogP contribution in [0.3, 0.4) is 0 Å². The van der Waals surface area contributed by atoms with Gasteiger partial charge in [0.05, 0.1) is 15.9 Å². The molecule has 2 aromatic heterocycles. The van der Waals surface area contributed by atoms with E-state index in [0.29, 0.717) is 10.9 Å². The molecule has 0 aliphatic heterocycles. The van der Waals surface area contributed by atoms with E-state index in [1.807, 2.05) is 60.0 Å². The fraction of sp³-hybridized carbons (Fsp3) is 0.111. The van der Waals surface area contributed by atoms with Gasteiger partial charge in [-0.05, 0) is 43.3 Å². The fourth-order valence-corrected chi connectivity index (χ4v) is 3.61. The van der Waals surface area contributed by atoms with Gasteiger partial charge in [-0.3, -0.25) is 4.79 Å². The smallest absolute Gasteiger partial charge is 0.279 e. The van der Waals surface area contributed by atoms with E-state index in [0.717, 1.165) is 39.7 Å². The number of aldehydes is 1. The third-order valence-corrected chi connectivity index (χ3v) is 4.74. The largest absolute Gasteiger partial charge is 0.431 e. The van der Waals surface area contributed by atoms with E-state index >= 15 is 0 Å². The van der Waals surface area contributed by atoms with Crippen molar-refractivity contribution in [2.24, 2.45) is 0 Å². The number of rotatable bonds is 4. The lowest BCUT2D eigenvalue weighted by molar-refractivity contribution is 0.111. The number of ether oxygens (including phenoxy) is 1. The summed E-state index contributed by atoms with van der Waals surface area (Å²) in [7, 11) is 0. The van der Waals surface area contributed by atoms with E-state index in [1.165, 1.54) is 11.3 Å². The number of thiazole rings is 1. The molecule has 5 heteroatoms. The molecule has 23 heavy (non-hydrogen) atoms. The van der Waals surface area contributed by atoms with Gasteiger partial charge < -0.3 is 9.30 Å². The van der Waals surface area contributed by atoms with Crippen molar-refractivity contribution in [2.45, 2.75) is 13.5 Å². The number of carbonyl (C=O) groups excluding carboxylic acids is 1. The molecule has 4 aromatic rings. The highest BCUT2D eigenvalue weighted by atomic mass is 32.1. The molecule has 2 heterocycles. The standard InChI is InChI=1S/C18H14N2O2S/c1-2-20-13(11-21)9-12-10-14(7-8-16(12)20)22-18-19-15-5-3-4-6-17(15)23-18/h3-11H,2H2,1H3. The number of fused-ring (bicyclic) bond motifs is 2. The molecule has 0 aliphatic rings. The summed E-state index contributed by atoms with van der Waals surface area (Å²) < 4.78 is 8.99. The lowest BCUT2D eigenvalue weighted by atomic mass is 10.2. The highest BCUT2D eigenvalue weighted by Crippen LogP contribution is 2.32. The minimum Gasteiger partial charge on any atom is -0.431 e. The summed E-state index contributed by atoms with van der Waals surface area (Å²) in [5.74, 6) is 0.724. The van der Waals surface area contributed by atoms with E-state index in [1.54, 1.807) is 0 Å². The van der Waals surface area contributed by atoms with E-state index in [9.17, 15) is 4.79 Å². The van der Waals surface area contributed by atoms with E-state index in [-0.39, 0.29) is 0 Å². The van der Waals surface area contributed by atoms with Gasteiger partial charge in [0, 0.05) is 17.4 Å². The van der Waals surface area contributed by atoms with Gasteiger partial charge in [-0.1, -0.05) is 23.5 Å². The Hall–Kier alpha value is -2.66. The predicted octanol–water partition coefficient (Wildman–Crippen LogP) is 4.88. The first-order valence-electron chi connectivity index (χ1n) is 7.40. The van der Waals surface area contributed by atoms with E-state index in [4.69, 9.17) is 4.74 Å². The molecule has 114 valence electrons. The summed E-state index contributed by atoms with van der Waals surface area (Å²) in [6.45, 7) is 2.79. The average Bonchev–Trinajstić information content (AvgIpc) is 3.13. The minimum atomic E-state index is 0.621. The summed E-state index contributed by atoms with van der Waals surface area (Å²) in [6.07, 6.45) is 0.886. The molecule has 0 N–H and O–H groups in total. The van der Waals surface area contributed by atoms with Gasteiger partial charge in [0.15, 0.2) is 6.29 Å². The Labute approximate surface area is 137 Å². The Morgan fingerprint density at radius 1 is 1.22 bits per heavy atom. The van der Waals surface area contributed by atoms with Crippen molar-refractivity contribution in [1.82, 2.24) is 9.55 Å². The molecule has 0 fully saturated rings. The maximum Gasteiger partial charge on any atom is 0.279 e. The molecule has 4 nitrogen and oxygen atoms in total. The zero-order valence-electron chi connectivity index (χ0n) is 12.5. The van der Waals surface area contributed by atoms with Crippen molar-refractivity contribution < 1.29 is 9.53 Å². The molecular formula is C18H14N2O2S. The summed E-state index contributed by atoms with van der Waals surface area (Å²) >= 11 is 1.52. The van der Waals surface area contributed by atoms with Gasteiger partial charge >= 0.3 is 0 Å². The van der Waals surface area contributed by atoms with Gasteiger partial charge in [-0.15, -0.1) is 0 Å². The fourth-order valence-electron chi connectivity index (χ4n) is 2.78. The molecule has 4 rings (SSSR count). The van der Waals surface area contributed by atoms with Gasteiger partial charge in [0.2, 0.25) is 0 Å². The molecule has 0 amide bonds. The molecule has 0 saturated heterocycles. The molecular weight excluding hydrogens is 308 g/mol. The SMILES string of the molecule is CCn1c(C=O)cc2cc(Oc3nc4ccccc4s3)ccc21. The lowest BCUT2D eigenvalue weighted by Gasteiger charge is -2.04. The van der Waals surface area contributed by atoms with Crippen molar-refractivity contribution in [3.05, 3.63) is 54.2 Å². The third kappa shape index (κ3) is 2.39. The topological polar surface area (TPSA) is 44.1 Å². The summed E-state index contributed by atoms with van der Waals surface area (Å²) in [6, 6.07) is 15.7. The van der Waals surface area contributed by atoms with Crippen LogP contribution in [0.15, 0.2) is 48.5 Å². The Kier molecular flexibility index (Phi) is 3.35. The average molecular weight is 322 g/mol. The van der Waals surface area contributed by atoms with Gasteiger partial charge in [0.25, 0.3) is 5.19 Å². The first kappa shape index (κ1) is 14.0. The number of carbonyl (C=O) groups is 1. The van der Waals surface area contributed by atoms with Gasteiger partial charge in [-0.2, -0.15) is 0 Å². The van der Waals surface area contributed by atoms with E-state index in [2.05, 4.69) is 4.98 Å². The molecule has 0 unspecified atom stereocenters. The predicted molar refractivity (Wildman–Crippen MR) is 92.7 cm³/mol. The zero-order chi connectivity index (χ0) is 15.8. The molecule has 0 bridgehead atoms. The highest BCUT2D eigenvalue weighted by Gasteiger charge is 2.10. The van der Waals surface area contributed by atoms with Crippen molar-refractivity contribution in [1.29, 1.82) is 0 Å². The van der Waals surface area contributed by atoms with Crippen LogP contribution in [0.4, 0.5) is 0 Å². The molecule has 2 aromatic carbocycles. The lowest BCUT2D eigenvalue weighted by Crippen LogP contribution is -1.98. The Morgan fingerprint density at radius 3 is 2.87 bits per heavy atom. The Bertz CT molecular complexity index is 983. The van der Waals surface area contributed by atoms with Crippen LogP contribution in [0.5, 0.6) is 10.9 Å². The number of benzene rings is 2. The van der Waals surface area contributed by atoms with Crippen LogP contribution in [-0.2, 0) is 6.54 Å². The monoisotopic (exact) mass is 322 g/mol. The second-order valence-electron chi connectivity index (χ2n) is 5.20. The van der Waals surface area contributed by atoms with Crippen LogP contribution in [0.2, 0.25) is 0 Å². The molecule has 0 aliphatic carbocycles. The first-order chi connectivity index (χ1) is 11.3. The Balaban J connectivity index is 1.72. The zero-order valence-corrected chi connectivity index (χ0v) is 13.3. The van der Waals surface area contributed by atoms with Gasteiger partial charge in [0.1, 0.15) is 5.75 Å². The van der Waals surface area contributed by atoms with Crippen molar-refractivity contribution >= 4 is 38.7 Å². The maximum atomic E-state index is 11.2. The number of hydrogen-bond donors (Lipinski definition) is 0. The molecule has 0 saturated carbocycles. The number of aryl methyl sites for hydroxylation is 1. The van der Waals surface area contributed by atoms with Crippen LogP contribution in [0.1, 0.15) is 17.4 Å². The summed E-state index contributed by atoms with van der Waals surface area (Å²) in [5, 5.41) is 1.61. The van der Waals surface area contributed by atoms with Crippen LogP contribution >= 0.6 is 11.3 Å². The quantitative estimate of drug-likeness (QED) is 0.503. The molecule has 0 spiro atoms. The maximum absolute atomic E-state index is 11.2. The highest BCUT2D eigenvalue weighted by molar-refractivity contribution is 7.20. The Morgan fingerprint density at radius 2 is 2.09 bits per heavy atom. The second kappa shape index (κ2) is 5.52. The normalized spacial score (nSPS) is 11.2. The van der Waals surface area contributed by atoms with Gasteiger partial charge in [-0.25, -0.2) is 4.98 Å². The number of para-hydroxylation sites is 1.